The monoisotopic (exact) mass is 272 g/mol. The van der Waals surface area contributed by atoms with E-state index in [2.05, 4.69) is 10.6 Å². The molecule has 0 bridgehead atoms. The van der Waals surface area contributed by atoms with Crippen LogP contribution in [-0.2, 0) is 4.79 Å². The van der Waals surface area contributed by atoms with Crippen molar-refractivity contribution in [3.63, 3.8) is 0 Å². The Kier molecular flexibility index (Phi) is 4.13. The Bertz CT molecular complexity index is 419. The third-order valence-electron chi connectivity index (χ3n) is 2.54. The lowest BCUT2D eigenvalue weighted by Gasteiger charge is -2.07. The Morgan fingerprint density at radius 3 is 2.71 bits per heavy atom. The van der Waals surface area contributed by atoms with Gasteiger partial charge in [0, 0.05) is 24.7 Å². The Morgan fingerprint density at radius 2 is 2.06 bits per heavy atom. The zero-order valence-electron chi connectivity index (χ0n) is 9.30. The van der Waals surface area contributed by atoms with Crippen LogP contribution in [0.4, 0.5) is 5.69 Å². The molecule has 92 valence electrons. The van der Waals surface area contributed by atoms with Crippen molar-refractivity contribution in [2.75, 3.05) is 11.9 Å². The standard InChI is InChI=1S/C12H14Cl2N2O/c13-10-4-3-9(7-11(10)14)15-6-5-12(17)16-8-1-2-8/h3-4,7-8,15H,1-2,5-6H2,(H,16,17). The van der Waals surface area contributed by atoms with Gasteiger partial charge in [0.05, 0.1) is 10.0 Å². The van der Waals surface area contributed by atoms with E-state index in [-0.39, 0.29) is 5.91 Å². The molecule has 0 heterocycles. The summed E-state index contributed by atoms with van der Waals surface area (Å²) in [4.78, 5) is 11.4. The Balaban J connectivity index is 1.73. The van der Waals surface area contributed by atoms with Crippen LogP contribution in [-0.4, -0.2) is 18.5 Å². The zero-order valence-corrected chi connectivity index (χ0v) is 10.8. The largest absolute Gasteiger partial charge is 0.384 e. The molecule has 1 saturated carbocycles. The summed E-state index contributed by atoms with van der Waals surface area (Å²) in [6, 6.07) is 5.75. The lowest BCUT2D eigenvalue weighted by molar-refractivity contribution is -0.120. The van der Waals surface area contributed by atoms with Gasteiger partial charge in [-0.25, -0.2) is 0 Å². The van der Waals surface area contributed by atoms with Gasteiger partial charge in [0.2, 0.25) is 5.91 Å². The topological polar surface area (TPSA) is 41.1 Å². The van der Waals surface area contributed by atoms with Crippen LogP contribution in [0.1, 0.15) is 19.3 Å². The molecule has 2 rings (SSSR count). The molecule has 0 saturated heterocycles. The van der Waals surface area contributed by atoms with E-state index in [9.17, 15) is 4.79 Å². The maximum absolute atomic E-state index is 11.4. The predicted molar refractivity (Wildman–Crippen MR) is 70.7 cm³/mol. The molecule has 0 aromatic heterocycles. The number of anilines is 1. The van der Waals surface area contributed by atoms with Crippen LogP contribution in [0.25, 0.3) is 0 Å². The molecule has 1 aliphatic rings. The van der Waals surface area contributed by atoms with Gasteiger partial charge in [0.15, 0.2) is 0 Å². The molecule has 2 N–H and O–H groups in total. The van der Waals surface area contributed by atoms with Crippen molar-refractivity contribution < 1.29 is 4.79 Å². The number of carbonyl (C=O) groups excluding carboxylic acids is 1. The van der Waals surface area contributed by atoms with E-state index in [1.165, 1.54) is 0 Å². The molecular formula is C12H14Cl2N2O. The quantitative estimate of drug-likeness (QED) is 0.865. The average Bonchev–Trinajstić information content (AvgIpc) is 3.07. The highest BCUT2D eigenvalue weighted by Gasteiger charge is 2.22. The summed E-state index contributed by atoms with van der Waals surface area (Å²) in [5.41, 5.74) is 0.874. The summed E-state index contributed by atoms with van der Waals surface area (Å²) in [6.45, 7) is 0.594. The second-order valence-corrected chi connectivity index (χ2v) is 4.96. The van der Waals surface area contributed by atoms with Crippen LogP contribution in [0, 0.1) is 0 Å². The Morgan fingerprint density at radius 1 is 1.29 bits per heavy atom. The minimum atomic E-state index is 0.0973. The van der Waals surface area contributed by atoms with Crippen molar-refractivity contribution in [3.05, 3.63) is 28.2 Å². The fraction of sp³-hybridized carbons (Fsp3) is 0.417. The van der Waals surface area contributed by atoms with Crippen LogP contribution in [0.5, 0.6) is 0 Å². The van der Waals surface area contributed by atoms with Gasteiger partial charge in [-0.3, -0.25) is 4.79 Å². The van der Waals surface area contributed by atoms with E-state index in [0.29, 0.717) is 29.1 Å². The molecule has 0 radical (unpaired) electrons. The number of carbonyl (C=O) groups is 1. The van der Waals surface area contributed by atoms with Crippen molar-refractivity contribution in [1.82, 2.24) is 5.32 Å². The van der Waals surface area contributed by atoms with Crippen molar-refractivity contribution >= 4 is 34.8 Å². The number of hydrogen-bond acceptors (Lipinski definition) is 2. The molecule has 0 unspecified atom stereocenters. The minimum Gasteiger partial charge on any atom is -0.384 e. The smallest absolute Gasteiger partial charge is 0.221 e. The molecule has 1 aromatic carbocycles. The molecule has 0 spiro atoms. The number of rotatable bonds is 5. The predicted octanol–water partition coefficient (Wildman–Crippen LogP) is 3.07. The van der Waals surface area contributed by atoms with E-state index in [1.54, 1.807) is 12.1 Å². The number of halogens is 2. The maximum atomic E-state index is 11.4. The number of hydrogen-bond donors (Lipinski definition) is 2. The normalized spacial score (nSPS) is 14.5. The van der Waals surface area contributed by atoms with Gasteiger partial charge in [-0.05, 0) is 31.0 Å². The number of nitrogens with one attached hydrogen (secondary N) is 2. The fourth-order valence-electron chi connectivity index (χ4n) is 1.45. The second kappa shape index (κ2) is 5.61. The van der Waals surface area contributed by atoms with Crippen LogP contribution in [0.2, 0.25) is 10.0 Å². The minimum absolute atomic E-state index is 0.0973. The Hall–Kier alpha value is -0.930. The SMILES string of the molecule is O=C(CCNc1ccc(Cl)c(Cl)c1)NC1CC1. The summed E-state index contributed by atoms with van der Waals surface area (Å²) in [5.74, 6) is 0.0973. The molecule has 0 aliphatic heterocycles. The first kappa shape index (κ1) is 12.5. The molecule has 17 heavy (non-hydrogen) atoms. The third-order valence-corrected chi connectivity index (χ3v) is 3.28. The van der Waals surface area contributed by atoms with Gasteiger partial charge in [0.1, 0.15) is 0 Å². The van der Waals surface area contributed by atoms with Crippen LogP contribution in [0.15, 0.2) is 18.2 Å². The average molecular weight is 273 g/mol. The van der Waals surface area contributed by atoms with Gasteiger partial charge in [-0.15, -0.1) is 0 Å². The molecule has 1 aromatic rings. The van der Waals surface area contributed by atoms with Crippen LogP contribution in [0.3, 0.4) is 0 Å². The van der Waals surface area contributed by atoms with Crippen molar-refractivity contribution in [2.24, 2.45) is 0 Å². The lowest BCUT2D eigenvalue weighted by atomic mass is 10.3. The lowest BCUT2D eigenvalue weighted by Crippen LogP contribution is -2.27. The van der Waals surface area contributed by atoms with E-state index in [0.717, 1.165) is 18.5 Å². The molecule has 5 heteroatoms. The summed E-state index contributed by atoms with van der Waals surface area (Å²) >= 11 is 11.7. The molecule has 1 fully saturated rings. The highest BCUT2D eigenvalue weighted by Crippen LogP contribution is 2.24. The molecular weight excluding hydrogens is 259 g/mol. The molecule has 1 amide bonds. The summed E-state index contributed by atoms with van der Waals surface area (Å²) in [5, 5.41) is 7.11. The van der Waals surface area contributed by atoms with Crippen LogP contribution < -0.4 is 10.6 Å². The van der Waals surface area contributed by atoms with Gasteiger partial charge >= 0.3 is 0 Å². The maximum Gasteiger partial charge on any atom is 0.221 e. The van der Waals surface area contributed by atoms with Crippen molar-refractivity contribution in [3.8, 4) is 0 Å². The van der Waals surface area contributed by atoms with Crippen molar-refractivity contribution in [1.29, 1.82) is 0 Å². The number of amides is 1. The summed E-state index contributed by atoms with van der Waals surface area (Å²) < 4.78 is 0. The van der Waals surface area contributed by atoms with Gasteiger partial charge in [0.25, 0.3) is 0 Å². The molecule has 1 aliphatic carbocycles. The molecule has 0 atom stereocenters. The van der Waals surface area contributed by atoms with E-state index < -0.39 is 0 Å². The molecule has 3 nitrogen and oxygen atoms in total. The van der Waals surface area contributed by atoms with Gasteiger partial charge in [-0.2, -0.15) is 0 Å². The second-order valence-electron chi connectivity index (χ2n) is 4.15. The highest BCUT2D eigenvalue weighted by atomic mass is 35.5. The van der Waals surface area contributed by atoms with Gasteiger partial charge < -0.3 is 10.6 Å². The van der Waals surface area contributed by atoms with Gasteiger partial charge in [-0.1, -0.05) is 23.2 Å². The fourth-order valence-corrected chi connectivity index (χ4v) is 1.75. The highest BCUT2D eigenvalue weighted by molar-refractivity contribution is 6.42. The summed E-state index contributed by atoms with van der Waals surface area (Å²) in [6.07, 6.45) is 2.70. The summed E-state index contributed by atoms with van der Waals surface area (Å²) in [7, 11) is 0. The van der Waals surface area contributed by atoms with Crippen LogP contribution >= 0.6 is 23.2 Å². The number of benzene rings is 1. The van der Waals surface area contributed by atoms with E-state index in [4.69, 9.17) is 23.2 Å². The first-order valence-corrected chi connectivity index (χ1v) is 6.39. The Labute approximate surface area is 110 Å². The third kappa shape index (κ3) is 4.10. The van der Waals surface area contributed by atoms with Crippen molar-refractivity contribution in [2.45, 2.75) is 25.3 Å². The van der Waals surface area contributed by atoms with E-state index >= 15 is 0 Å². The first-order chi connectivity index (χ1) is 8.15. The zero-order chi connectivity index (χ0) is 12.3. The first-order valence-electron chi connectivity index (χ1n) is 5.63. The van der Waals surface area contributed by atoms with E-state index in [1.807, 2.05) is 6.07 Å².